The Kier molecular flexibility index (Phi) is 4.49. The van der Waals surface area contributed by atoms with Crippen LogP contribution in [0, 0.1) is 13.8 Å². The van der Waals surface area contributed by atoms with E-state index in [1.54, 1.807) is 25.6 Å². The molecule has 1 aliphatic heterocycles. The quantitative estimate of drug-likeness (QED) is 0.515. The summed E-state index contributed by atoms with van der Waals surface area (Å²) in [5, 5.41) is 3.47. The van der Waals surface area contributed by atoms with Gasteiger partial charge in [-0.25, -0.2) is 0 Å². The van der Waals surface area contributed by atoms with Gasteiger partial charge in [-0.2, -0.15) is 0 Å². The van der Waals surface area contributed by atoms with Crippen molar-refractivity contribution in [3.63, 3.8) is 0 Å². The fourth-order valence-corrected chi connectivity index (χ4v) is 4.26. The minimum absolute atomic E-state index is 0.204. The second kappa shape index (κ2) is 6.83. The van der Waals surface area contributed by atoms with Crippen molar-refractivity contribution in [3.8, 4) is 16.9 Å². The molecule has 3 aromatic rings. The fourth-order valence-electron chi connectivity index (χ4n) is 3.24. The number of carbonyl (C=O) groups excluding carboxylic acids is 1. The Morgan fingerprint density at radius 3 is 2.59 bits per heavy atom. The lowest BCUT2D eigenvalue weighted by molar-refractivity contribution is -0.115. The number of rotatable bonds is 3. The van der Waals surface area contributed by atoms with Gasteiger partial charge in [0, 0.05) is 29.4 Å². The van der Waals surface area contributed by atoms with Crippen molar-refractivity contribution in [1.29, 1.82) is 0 Å². The van der Waals surface area contributed by atoms with Crippen molar-refractivity contribution in [3.05, 3.63) is 52.4 Å². The van der Waals surface area contributed by atoms with Gasteiger partial charge in [-0.15, -0.1) is 0 Å². The molecule has 27 heavy (non-hydrogen) atoms. The molecule has 5 nitrogen and oxygen atoms in total. The first-order chi connectivity index (χ1) is 13.0. The lowest BCUT2D eigenvalue weighted by Gasteiger charge is -2.11. The second-order valence-electron chi connectivity index (χ2n) is 6.25. The summed E-state index contributed by atoms with van der Waals surface area (Å²) in [7, 11) is 1.67. The number of nitrogens with zero attached hydrogens (tertiary/aromatic N) is 1. The number of thiocarbonyl (C=S) groups is 1. The van der Waals surface area contributed by atoms with Crippen molar-refractivity contribution in [2.24, 2.45) is 0 Å². The van der Waals surface area contributed by atoms with Crippen LogP contribution in [0.25, 0.3) is 28.2 Å². The monoisotopic (exact) mass is 396 g/mol. The average Bonchev–Trinajstić information content (AvgIpc) is 3.16. The Labute approximate surface area is 165 Å². The second-order valence-corrected chi connectivity index (χ2v) is 7.97. The number of methoxy groups -OCH3 is 1. The Morgan fingerprint density at radius 1 is 1.22 bits per heavy atom. The molecule has 7 heteroatoms. The topological polar surface area (TPSA) is 64.4 Å². The number of fused-ring (bicyclic) bond motifs is 1. The highest BCUT2D eigenvalue weighted by Gasteiger charge is 2.23. The number of nitrogens with one attached hydrogen (secondary N) is 1. The smallest absolute Gasteiger partial charge is 0.263 e. The van der Waals surface area contributed by atoms with Crippen molar-refractivity contribution in [2.75, 3.05) is 7.11 Å². The van der Waals surface area contributed by atoms with Gasteiger partial charge in [0.1, 0.15) is 21.4 Å². The molecule has 1 N–H and O–H groups in total. The standard InChI is InChI=1S/C20H16N2O3S2/c1-10-4-12(5-11(2)17(10)24-3)15-9-21-8-13-6-14(25-18(13)15)7-16-19(23)22-20(26)27-16/h4-9H,1-3H3,(H,22,23,26). The Balaban J connectivity index is 1.82. The normalized spacial score (nSPS) is 15.6. The molecule has 0 bridgehead atoms. The zero-order chi connectivity index (χ0) is 19.1. The number of pyridine rings is 1. The third-order valence-corrected chi connectivity index (χ3v) is 5.50. The molecule has 0 saturated carbocycles. The lowest BCUT2D eigenvalue weighted by Crippen LogP contribution is -2.17. The number of amides is 1. The summed E-state index contributed by atoms with van der Waals surface area (Å²) in [6, 6.07) is 5.99. The van der Waals surface area contributed by atoms with Crippen molar-refractivity contribution < 1.29 is 13.9 Å². The predicted molar refractivity (Wildman–Crippen MR) is 112 cm³/mol. The van der Waals surface area contributed by atoms with Gasteiger partial charge in [-0.05, 0) is 48.7 Å². The summed E-state index contributed by atoms with van der Waals surface area (Å²) in [6.07, 6.45) is 5.24. The van der Waals surface area contributed by atoms with Crippen LogP contribution in [0.1, 0.15) is 16.9 Å². The van der Waals surface area contributed by atoms with E-state index < -0.39 is 0 Å². The summed E-state index contributed by atoms with van der Waals surface area (Å²) in [4.78, 5) is 16.7. The van der Waals surface area contributed by atoms with Crippen LogP contribution in [0.5, 0.6) is 5.75 Å². The van der Waals surface area contributed by atoms with Crippen molar-refractivity contribution >= 4 is 51.3 Å². The van der Waals surface area contributed by atoms with Gasteiger partial charge in [-0.3, -0.25) is 9.78 Å². The molecule has 0 aliphatic carbocycles. The van der Waals surface area contributed by atoms with Crippen LogP contribution in [0.2, 0.25) is 0 Å². The van der Waals surface area contributed by atoms with Crippen LogP contribution in [0.4, 0.5) is 0 Å². The number of carbonyl (C=O) groups is 1. The van der Waals surface area contributed by atoms with Gasteiger partial charge in [0.25, 0.3) is 5.91 Å². The average molecular weight is 396 g/mol. The zero-order valence-corrected chi connectivity index (χ0v) is 16.6. The Morgan fingerprint density at radius 2 is 1.96 bits per heavy atom. The molecule has 1 fully saturated rings. The number of hydrogen-bond donors (Lipinski definition) is 1. The minimum atomic E-state index is -0.204. The summed E-state index contributed by atoms with van der Waals surface area (Å²) in [6.45, 7) is 4.03. The lowest BCUT2D eigenvalue weighted by atomic mass is 10.00. The van der Waals surface area contributed by atoms with Gasteiger partial charge in [0.15, 0.2) is 0 Å². The van der Waals surface area contributed by atoms with E-state index >= 15 is 0 Å². The van der Waals surface area contributed by atoms with Crippen molar-refractivity contribution in [2.45, 2.75) is 13.8 Å². The van der Waals surface area contributed by atoms with E-state index in [0.717, 1.165) is 39.0 Å². The number of ether oxygens (including phenoxy) is 1. The Bertz CT molecular complexity index is 1110. The zero-order valence-electron chi connectivity index (χ0n) is 15.0. The Hall–Kier alpha value is -2.64. The molecule has 0 spiro atoms. The van der Waals surface area contributed by atoms with E-state index in [9.17, 15) is 4.79 Å². The SMILES string of the molecule is COc1c(C)cc(-c2cncc3cc(C=C4SC(=S)NC4=O)oc23)cc1C. The molecule has 1 aliphatic rings. The van der Waals surface area contributed by atoms with Gasteiger partial charge in [0.2, 0.25) is 0 Å². The molecule has 0 unspecified atom stereocenters. The number of aromatic nitrogens is 1. The van der Waals surface area contributed by atoms with E-state index in [4.69, 9.17) is 21.4 Å². The highest BCUT2D eigenvalue weighted by molar-refractivity contribution is 8.26. The van der Waals surface area contributed by atoms with Crippen LogP contribution in [-0.2, 0) is 4.79 Å². The van der Waals surface area contributed by atoms with E-state index in [-0.39, 0.29) is 5.91 Å². The molecule has 0 radical (unpaired) electrons. The number of furan rings is 1. The molecule has 1 saturated heterocycles. The summed E-state index contributed by atoms with van der Waals surface area (Å²) >= 11 is 6.25. The number of aryl methyl sites for hydroxylation is 2. The molecule has 1 amide bonds. The molecule has 4 rings (SSSR count). The van der Waals surface area contributed by atoms with E-state index in [1.165, 1.54) is 11.8 Å². The highest BCUT2D eigenvalue weighted by atomic mass is 32.2. The largest absolute Gasteiger partial charge is 0.496 e. The first-order valence-corrected chi connectivity index (χ1v) is 9.47. The first kappa shape index (κ1) is 17.8. The summed E-state index contributed by atoms with van der Waals surface area (Å²) in [5.74, 6) is 1.26. The van der Waals surface area contributed by atoms with E-state index in [2.05, 4.69) is 22.4 Å². The van der Waals surface area contributed by atoms with Crippen LogP contribution < -0.4 is 10.1 Å². The van der Waals surface area contributed by atoms with Gasteiger partial charge in [0.05, 0.1) is 12.0 Å². The number of hydrogen-bond acceptors (Lipinski definition) is 6. The molecule has 136 valence electrons. The molecule has 2 aromatic heterocycles. The third kappa shape index (κ3) is 3.24. The van der Waals surface area contributed by atoms with Gasteiger partial charge < -0.3 is 14.5 Å². The van der Waals surface area contributed by atoms with E-state index in [1.807, 2.05) is 19.9 Å². The molecular weight excluding hydrogens is 380 g/mol. The van der Waals surface area contributed by atoms with E-state index in [0.29, 0.717) is 15.0 Å². The summed E-state index contributed by atoms with van der Waals surface area (Å²) in [5.41, 5.74) is 4.72. The molecule has 1 aromatic carbocycles. The first-order valence-electron chi connectivity index (χ1n) is 8.24. The van der Waals surface area contributed by atoms with Gasteiger partial charge >= 0.3 is 0 Å². The predicted octanol–water partition coefficient (Wildman–Crippen LogP) is 4.61. The number of thioether (sulfide) groups is 1. The fraction of sp³-hybridized carbons (Fsp3) is 0.150. The maximum absolute atomic E-state index is 11.9. The molecule has 3 heterocycles. The highest BCUT2D eigenvalue weighted by Crippen LogP contribution is 2.35. The van der Waals surface area contributed by atoms with Gasteiger partial charge in [-0.1, -0.05) is 24.0 Å². The molecule has 0 atom stereocenters. The number of benzene rings is 1. The third-order valence-electron chi connectivity index (χ3n) is 4.33. The summed E-state index contributed by atoms with van der Waals surface area (Å²) < 4.78 is 12.0. The molecular formula is C20H16N2O3S2. The maximum atomic E-state index is 11.9. The van der Waals surface area contributed by atoms with Crippen LogP contribution in [0.3, 0.4) is 0 Å². The van der Waals surface area contributed by atoms with Crippen LogP contribution >= 0.6 is 24.0 Å². The van der Waals surface area contributed by atoms with Crippen LogP contribution in [-0.4, -0.2) is 22.3 Å². The van der Waals surface area contributed by atoms with Crippen molar-refractivity contribution in [1.82, 2.24) is 10.3 Å². The maximum Gasteiger partial charge on any atom is 0.263 e. The van der Waals surface area contributed by atoms with Crippen LogP contribution in [0.15, 0.2) is 39.9 Å². The minimum Gasteiger partial charge on any atom is -0.496 e.